The van der Waals surface area contributed by atoms with Crippen molar-refractivity contribution < 1.29 is 14.0 Å². The first-order valence-electron chi connectivity index (χ1n) is 7.48. The minimum Gasteiger partial charge on any atom is -0.497 e. The molecule has 0 unspecified atom stereocenters. The van der Waals surface area contributed by atoms with Crippen LogP contribution in [0, 0.1) is 0 Å². The SMILES string of the molecule is COc1ccc(-c2noc(CN3C[C@H](C)OC[C@H]3C)n2)cc1. The molecule has 1 aromatic heterocycles. The Morgan fingerprint density at radius 1 is 1.27 bits per heavy atom. The van der Waals surface area contributed by atoms with Crippen molar-refractivity contribution in [3.63, 3.8) is 0 Å². The summed E-state index contributed by atoms with van der Waals surface area (Å²) in [5.74, 6) is 2.04. The van der Waals surface area contributed by atoms with Gasteiger partial charge in [-0.2, -0.15) is 4.98 Å². The molecule has 1 aliphatic heterocycles. The summed E-state index contributed by atoms with van der Waals surface area (Å²) in [6.07, 6.45) is 0.236. The molecule has 2 atom stereocenters. The molecule has 0 radical (unpaired) electrons. The maximum absolute atomic E-state index is 5.63. The van der Waals surface area contributed by atoms with E-state index in [1.807, 2.05) is 24.3 Å². The van der Waals surface area contributed by atoms with Crippen LogP contribution in [-0.2, 0) is 11.3 Å². The van der Waals surface area contributed by atoms with Crippen LogP contribution in [0.2, 0.25) is 0 Å². The van der Waals surface area contributed by atoms with Crippen LogP contribution in [0.25, 0.3) is 11.4 Å². The molecule has 2 aromatic rings. The second kappa shape index (κ2) is 6.46. The molecule has 6 nitrogen and oxygen atoms in total. The van der Waals surface area contributed by atoms with Crippen molar-refractivity contribution in [3.05, 3.63) is 30.2 Å². The first-order chi connectivity index (χ1) is 10.7. The van der Waals surface area contributed by atoms with E-state index in [-0.39, 0.29) is 6.10 Å². The van der Waals surface area contributed by atoms with E-state index in [4.69, 9.17) is 14.0 Å². The summed E-state index contributed by atoms with van der Waals surface area (Å²) in [6.45, 7) is 6.49. The van der Waals surface area contributed by atoms with Crippen LogP contribution in [-0.4, -0.2) is 47.4 Å². The zero-order chi connectivity index (χ0) is 15.5. The van der Waals surface area contributed by atoms with Gasteiger partial charge in [0.15, 0.2) is 0 Å². The molecular formula is C16H21N3O3. The number of rotatable bonds is 4. The fourth-order valence-electron chi connectivity index (χ4n) is 2.54. The third-order valence-electron chi connectivity index (χ3n) is 3.89. The standard InChI is InChI=1S/C16H21N3O3/c1-11-10-21-12(2)8-19(11)9-15-17-16(18-22-15)13-4-6-14(20-3)7-5-13/h4-7,11-12H,8-10H2,1-3H3/t11-,12+/m1/s1. The summed E-state index contributed by atoms with van der Waals surface area (Å²) in [6, 6.07) is 7.97. The van der Waals surface area contributed by atoms with Crippen molar-refractivity contribution in [2.24, 2.45) is 0 Å². The maximum Gasteiger partial charge on any atom is 0.241 e. The van der Waals surface area contributed by atoms with Gasteiger partial charge in [-0.25, -0.2) is 0 Å². The molecule has 1 aromatic carbocycles. The van der Waals surface area contributed by atoms with Crippen molar-refractivity contribution in [2.75, 3.05) is 20.3 Å². The summed E-state index contributed by atoms with van der Waals surface area (Å²) < 4.78 is 16.2. The molecule has 22 heavy (non-hydrogen) atoms. The third-order valence-corrected chi connectivity index (χ3v) is 3.89. The van der Waals surface area contributed by atoms with Gasteiger partial charge in [0, 0.05) is 18.2 Å². The van der Waals surface area contributed by atoms with Gasteiger partial charge in [-0.3, -0.25) is 4.90 Å². The molecule has 118 valence electrons. The van der Waals surface area contributed by atoms with E-state index in [9.17, 15) is 0 Å². The van der Waals surface area contributed by atoms with Crippen LogP contribution >= 0.6 is 0 Å². The average Bonchev–Trinajstić information content (AvgIpc) is 2.99. The minimum absolute atomic E-state index is 0.236. The average molecular weight is 303 g/mol. The van der Waals surface area contributed by atoms with Gasteiger partial charge in [0.05, 0.1) is 26.4 Å². The van der Waals surface area contributed by atoms with Gasteiger partial charge in [-0.15, -0.1) is 0 Å². The lowest BCUT2D eigenvalue weighted by molar-refractivity contribution is -0.0555. The lowest BCUT2D eigenvalue weighted by Crippen LogP contribution is -2.46. The first-order valence-corrected chi connectivity index (χ1v) is 7.48. The van der Waals surface area contributed by atoms with Gasteiger partial charge >= 0.3 is 0 Å². The number of morpholine rings is 1. The predicted octanol–water partition coefficient (Wildman–Crippen LogP) is 2.35. The lowest BCUT2D eigenvalue weighted by atomic mass is 10.2. The number of ether oxygens (including phenoxy) is 2. The number of hydrogen-bond acceptors (Lipinski definition) is 6. The fraction of sp³-hybridized carbons (Fsp3) is 0.500. The number of methoxy groups -OCH3 is 1. The Balaban J connectivity index is 1.70. The van der Waals surface area contributed by atoms with E-state index < -0.39 is 0 Å². The molecule has 0 spiro atoms. The number of aromatic nitrogens is 2. The van der Waals surface area contributed by atoms with Gasteiger partial charge in [-0.05, 0) is 38.1 Å². The van der Waals surface area contributed by atoms with E-state index >= 15 is 0 Å². The number of hydrogen-bond donors (Lipinski definition) is 0. The normalized spacial score (nSPS) is 22.7. The van der Waals surface area contributed by atoms with Gasteiger partial charge in [0.2, 0.25) is 11.7 Å². The molecule has 6 heteroatoms. The Hall–Kier alpha value is -1.92. The molecule has 0 aliphatic carbocycles. The molecule has 1 aliphatic rings. The molecule has 1 saturated heterocycles. The fourth-order valence-corrected chi connectivity index (χ4v) is 2.54. The summed E-state index contributed by atoms with van der Waals surface area (Å²) in [7, 11) is 1.64. The molecule has 0 N–H and O–H groups in total. The number of nitrogens with zero attached hydrogens (tertiary/aromatic N) is 3. The largest absolute Gasteiger partial charge is 0.497 e. The maximum atomic E-state index is 5.63. The second-order valence-corrected chi connectivity index (χ2v) is 5.66. The zero-order valence-electron chi connectivity index (χ0n) is 13.2. The summed E-state index contributed by atoms with van der Waals surface area (Å²) in [4.78, 5) is 6.79. The highest BCUT2D eigenvalue weighted by Gasteiger charge is 2.25. The van der Waals surface area contributed by atoms with E-state index in [0.717, 1.165) is 24.5 Å². The van der Waals surface area contributed by atoms with Crippen molar-refractivity contribution in [1.29, 1.82) is 0 Å². The highest BCUT2D eigenvalue weighted by atomic mass is 16.5. The summed E-state index contributed by atoms with van der Waals surface area (Å²) in [5.41, 5.74) is 0.916. The van der Waals surface area contributed by atoms with Gasteiger partial charge in [0.1, 0.15) is 5.75 Å². The first kappa shape index (κ1) is 15.0. The van der Waals surface area contributed by atoms with E-state index in [1.54, 1.807) is 7.11 Å². The van der Waals surface area contributed by atoms with Gasteiger partial charge in [-0.1, -0.05) is 5.16 Å². The highest BCUT2D eigenvalue weighted by Crippen LogP contribution is 2.21. The quantitative estimate of drug-likeness (QED) is 0.864. The van der Waals surface area contributed by atoms with Crippen LogP contribution < -0.4 is 4.74 Å². The van der Waals surface area contributed by atoms with Crippen LogP contribution in [0.1, 0.15) is 19.7 Å². The summed E-state index contributed by atoms with van der Waals surface area (Å²) in [5, 5.41) is 4.07. The lowest BCUT2D eigenvalue weighted by Gasteiger charge is -2.35. The number of benzene rings is 1. The monoisotopic (exact) mass is 303 g/mol. The van der Waals surface area contributed by atoms with Crippen LogP contribution in [0.4, 0.5) is 0 Å². The van der Waals surface area contributed by atoms with Crippen molar-refractivity contribution in [2.45, 2.75) is 32.5 Å². The van der Waals surface area contributed by atoms with Crippen LogP contribution in [0.5, 0.6) is 5.75 Å². The minimum atomic E-state index is 0.236. The Morgan fingerprint density at radius 3 is 2.77 bits per heavy atom. The molecular weight excluding hydrogens is 282 g/mol. The second-order valence-electron chi connectivity index (χ2n) is 5.66. The smallest absolute Gasteiger partial charge is 0.241 e. The Kier molecular flexibility index (Phi) is 4.40. The Morgan fingerprint density at radius 2 is 2.05 bits per heavy atom. The molecule has 1 fully saturated rings. The van der Waals surface area contributed by atoms with E-state index in [0.29, 0.717) is 24.3 Å². The molecule has 0 bridgehead atoms. The van der Waals surface area contributed by atoms with Gasteiger partial charge < -0.3 is 14.0 Å². The van der Waals surface area contributed by atoms with Crippen molar-refractivity contribution in [1.82, 2.24) is 15.0 Å². The zero-order valence-corrected chi connectivity index (χ0v) is 13.2. The molecule has 2 heterocycles. The van der Waals surface area contributed by atoms with Crippen LogP contribution in [0.15, 0.2) is 28.8 Å². The topological polar surface area (TPSA) is 60.6 Å². The molecule has 3 rings (SSSR count). The van der Waals surface area contributed by atoms with Crippen molar-refractivity contribution in [3.8, 4) is 17.1 Å². The Bertz CT molecular complexity index is 611. The Labute approximate surface area is 130 Å². The predicted molar refractivity (Wildman–Crippen MR) is 81.6 cm³/mol. The van der Waals surface area contributed by atoms with Crippen molar-refractivity contribution >= 4 is 0 Å². The molecule has 0 saturated carbocycles. The highest BCUT2D eigenvalue weighted by molar-refractivity contribution is 5.55. The third kappa shape index (κ3) is 3.28. The summed E-state index contributed by atoms with van der Waals surface area (Å²) >= 11 is 0. The van der Waals surface area contributed by atoms with E-state index in [1.165, 1.54) is 0 Å². The molecule has 0 amide bonds. The van der Waals surface area contributed by atoms with E-state index in [2.05, 4.69) is 28.9 Å². The van der Waals surface area contributed by atoms with Gasteiger partial charge in [0.25, 0.3) is 0 Å². The van der Waals surface area contributed by atoms with Crippen LogP contribution in [0.3, 0.4) is 0 Å².